The highest BCUT2D eigenvalue weighted by Crippen LogP contribution is 2.26. The van der Waals surface area contributed by atoms with Crippen LogP contribution in [0, 0.1) is 5.82 Å². The molecule has 1 aliphatic rings. The van der Waals surface area contributed by atoms with Crippen molar-refractivity contribution < 1.29 is 9.18 Å². The van der Waals surface area contributed by atoms with Gasteiger partial charge in [-0.2, -0.15) is 0 Å². The lowest BCUT2D eigenvalue weighted by Crippen LogP contribution is -2.28. The summed E-state index contributed by atoms with van der Waals surface area (Å²) in [5, 5.41) is 0.842. The van der Waals surface area contributed by atoms with Gasteiger partial charge in [-0.3, -0.25) is 14.2 Å². The summed E-state index contributed by atoms with van der Waals surface area (Å²) >= 11 is 1.40. The molecule has 0 saturated carbocycles. The minimum absolute atomic E-state index is 0.0380. The van der Waals surface area contributed by atoms with E-state index in [0.29, 0.717) is 33.1 Å². The van der Waals surface area contributed by atoms with Gasteiger partial charge in [-0.05, 0) is 54.8 Å². The van der Waals surface area contributed by atoms with Gasteiger partial charge in [0, 0.05) is 24.4 Å². The topological polar surface area (TPSA) is 55.2 Å². The van der Waals surface area contributed by atoms with Crippen LogP contribution in [-0.4, -0.2) is 33.4 Å². The molecular formula is C26H22FN3O2S. The third kappa shape index (κ3) is 4.41. The van der Waals surface area contributed by atoms with Crippen LogP contribution < -0.4 is 5.56 Å². The Morgan fingerprint density at radius 1 is 0.970 bits per heavy atom. The summed E-state index contributed by atoms with van der Waals surface area (Å²) in [5.41, 5.74) is 2.20. The van der Waals surface area contributed by atoms with Gasteiger partial charge in [0.15, 0.2) is 5.16 Å². The quantitative estimate of drug-likeness (QED) is 0.310. The molecule has 4 aromatic rings. The molecule has 0 bridgehead atoms. The van der Waals surface area contributed by atoms with Crippen LogP contribution in [0.4, 0.5) is 4.39 Å². The largest absolute Gasteiger partial charge is 0.339 e. The number of likely N-dealkylation sites (tertiary alicyclic amines) is 1. The molecule has 0 unspecified atom stereocenters. The first kappa shape index (κ1) is 21.4. The molecule has 1 fully saturated rings. The van der Waals surface area contributed by atoms with E-state index in [1.807, 2.05) is 35.2 Å². The summed E-state index contributed by atoms with van der Waals surface area (Å²) < 4.78 is 15.4. The van der Waals surface area contributed by atoms with Gasteiger partial charge in [-0.1, -0.05) is 48.2 Å². The second-order valence-electron chi connectivity index (χ2n) is 8.02. The number of carbonyl (C=O) groups excluding carboxylic acids is 1. The molecule has 0 N–H and O–H groups in total. The van der Waals surface area contributed by atoms with Crippen LogP contribution in [0.1, 0.15) is 28.8 Å². The molecule has 0 atom stereocenters. The molecule has 0 radical (unpaired) electrons. The number of hydrogen-bond acceptors (Lipinski definition) is 4. The standard InChI is InChI=1S/C26H22FN3O2S/c27-20-9-6-10-21(16-20)30-25(32)22-12-11-19(24(31)29-13-4-5-14-29)15-23(22)28-26(30)33-17-18-7-2-1-3-8-18/h1-3,6-12,15-16H,4-5,13-14,17H2. The predicted octanol–water partition coefficient (Wildman–Crippen LogP) is 5.05. The molecule has 1 aromatic heterocycles. The van der Waals surface area contributed by atoms with Crippen LogP contribution in [0.3, 0.4) is 0 Å². The fraction of sp³-hybridized carbons (Fsp3) is 0.192. The number of halogens is 1. The van der Waals surface area contributed by atoms with Crippen molar-refractivity contribution in [3.63, 3.8) is 0 Å². The van der Waals surface area contributed by atoms with Gasteiger partial charge in [0.05, 0.1) is 16.6 Å². The molecule has 5 nitrogen and oxygen atoms in total. The van der Waals surface area contributed by atoms with Crippen LogP contribution in [0.15, 0.2) is 82.7 Å². The van der Waals surface area contributed by atoms with E-state index in [1.165, 1.54) is 28.5 Å². The summed E-state index contributed by atoms with van der Waals surface area (Å²) in [6, 6.07) is 20.8. The van der Waals surface area contributed by atoms with Gasteiger partial charge in [-0.15, -0.1) is 0 Å². The molecule has 1 aliphatic heterocycles. The van der Waals surface area contributed by atoms with Crippen molar-refractivity contribution in [2.24, 2.45) is 0 Å². The summed E-state index contributed by atoms with van der Waals surface area (Å²) in [4.78, 5) is 33.0. The first-order valence-electron chi connectivity index (χ1n) is 10.9. The van der Waals surface area contributed by atoms with Gasteiger partial charge in [-0.25, -0.2) is 9.37 Å². The lowest BCUT2D eigenvalue weighted by molar-refractivity contribution is 0.0793. The fourth-order valence-corrected chi connectivity index (χ4v) is 5.03. The van der Waals surface area contributed by atoms with Crippen molar-refractivity contribution in [2.75, 3.05) is 13.1 Å². The van der Waals surface area contributed by atoms with Crippen LogP contribution in [0.2, 0.25) is 0 Å². The Morgan fingerprint density at radius 3 is 2.52 bits per heavy atom. The Kier molecular flexibility index (Phi) is 5.96. The second kappa shape index (κ2) is 9.19. The summed E-state index contributed by atoms with van der Waals surface area (Å²) in [6.45, 7) is 1.51. The van der Waals surface area contributed by atoms with Gasteiger partial charge in [0.25, 0.3) is 11.5 Å². The highest BCUT2D eigenvalue weighted by molar-refractivity contribution is 7.98. The first-order chi connectivity index (χ1) is 16.1. The van der Waals surface area contributed by atoms with Gasteiger partial charge >= 0.3 is 0 Å². The number of fused-ring (bicyclic) bond motifs is 1. The number of benzene rings is 3. The number of carbonyl (C=O) groups is 1. The van der Waals surface area contributed by atoms with Crippen molar-refractivity contribution in [3.05, 3.63) is 100 Å². The van der Waals surface area contributed by atoms with Crippen LogP contribution >= 0.6 is 11.8 Å². The Bertz CT molecular complexity index is 1380. The van der Waals surface area contributed by atoms with Crippen molar-refractivity contribution >= 4 is 28.6 Å². The highest BCUT2D eigenvalue weighted by atomic mass is 32.2. The van der Waals surface area contributed by atoms with Crippen molar-refractivity contribution in [3.8, 4) is 5.69 Å². The molecule has 1 saturated heterocycles. The average Bonchev–Trinajstić information content (AvgIpc) is 3.38. The van der Waals surface area contributed by atoms with E-state index >= 15 is 0 Å². The van der Waals surface area contributed by atoms with Crippen molar-refractivity contribution in [1.82, 2.24) is 14.5 Å². The molecule has 0 aliphatic carbocycles. The maximum absolute atomic E-state index is 14.0. The number of rotatable bonds is 5. The molecular weight excluding hydrogens is 437 g/mol. The normalized spacial score (nSPS) is 13.5. The zero-order valence-electron chi connectivity index (χ0n) is 17.9. The SMILES string of the molecule is O=C(c1ccc2c(=O)n(-c3cccc(F)c3)c(SCc3ccccc3)nc2c1)N1CCCC1. The highest BCUT2D eigenvalue weighted by Gasteiger charge is 2.21. The van der Waals surface area contributed by atoms with Crippen LogP contribution in [0.5, 0.6) is 0 Å². The van der Waals surface area contributed by atoms with Crippen LogP contribution in [-0.2, 0) is 5.75 Å². The monoisotopic (exact) mass is 459 g/mol. The lowest BCUT2D eigenvalue weighted by Gasteiger charge is -2.16. The molecule has 2 heterocycles. The van der Waals surface area contributed by atoms with Crippen molar-refractivity contribution in [2.45, 2.75) is 23.8 Å². The molecule has 33 heavy (non-hydrogen) atoms. The molecule has 7 heteroatoms. The second-order valence-corrected chi connectivity index (χ2v) is 8.96. The number of hydrogen-bond donors (Lipinski definition) is 0. The van der Waals surface area contributed by atoms with Gasteiger partial charge < -0.3 is 4.90 Å². The van der Waals surface area contributed by atoms with Crippen molar-refractivity contribution in [1.29, 1.82) is 0 Å². The zero-order chi connectivity index (χ0) is 22.8. The van der Waals surface area contributed by atoms with E-state index in [0.717, 1.165) is 31.5 Å². The van der Waals surface area contributed by atoms with E-state index in [9.17, 15) is 14.0 Å². The summed E-state index contributed by atoms with van der Waals surface area (Å²) in [7, 11) is 0. The Morgan fingerprint density at radius 2 is 1.76 bits per heavy atom. The predicted molar refractivity (Wildman–Crippen MR) is 128 cm³/mol. The van der Waals surface area contributed by atoms with E-state index in [2.05, 4.69) is 0 Å². The zero-order valence-corrected chi connectivity index (χ0v) is 18.7. The van der Waals surface area contributed by atoms with E-state index in [-0.39, 0.29) is 11.5 Å². The maximum Gasteiger partial charge on any atom is 0.266 e. The minimum Gasteiger partial charge on any atom is -0.339 e. The Labute approximate surface area is 194 Å². The van der Waals surface area contributed by atoms with E-state index < -0.39 is 5.82 Å². The molecule has 3 aromatic carbocycles. The first-order valence-corrected chi connectivity index (χ1v) is 11.9. The smallest absolute Gasteiger partial charge is 0.266 e. The molecule has 5 rings (SSSR count). The molecule has 0 spiro atoms. The maximum atomic E-state index is 14.0. The lowest BCUT2D eigenvalue weighted by atomic mass is 10.1. The van der Waals surface area contributed by atoms with Gasteiger partial charge in [0.2, 0.25) is 0 Å². The van der Waals surface area contributed by atoms with Gasteiger partial charge in [0.1, 0.15) is 5.82 Å². The summed E-state index contributed by atoms with van der Waals surface area (Å²) in [5.74, 6) is 0.134. The van der Waals surface area contributed by atoms with E-state index in [1.54, 1.807) is 30.3 Å². The Hall–Kier alpha value is -3.45. The number of thioether (sulfide) groups is 1. The van der Waals surface area contributed by atoms with Crippen LogP contribution in [0.25, 0.3) is 16.6 Å². The molecule has 1 amide bonds. The Balaban J connectivity index is 1.61. The fourth-order valence-electron chi connectivity index (χ4n) is 4.06. The molecule has 166 valence electrons. The average molecular weight is 460 g/mol. The number of aromatic nitrogens is 2. The number of amides is 1. The minimum atomic E-state index is -0.426. The third-order valence-electron chi connectivity index (χ3n) is 5.76. The number of nitrogens with zero attached hydrogens (tertiary/aromatic N) is 3. The summed E-state index contributed by atoms with van der Waals surface area (Å²) in [6.07, 6.45) is 2.02. The third-order valence-corrected chi connectivity index (χ3v) is 6.77. The van der Waals surface area contributed by atoms with E-state index in [4.69, 9.17) is 4.98 Å².